The zero-order valence-electron chi connectivity index (χ0n) is 15.2. The van der Waals surface area contributed by atoms with Crippen LogP contribution in [-0.4, -0.2) is 45.7 Å². The van der Waals surface area contributed by atoms with Gasteiger partial charge >= 0.3 is 5.97 Å². The number of hydrogen-bond acceptors (Lipinski definition) is 6. The van der Waals surface area contributed by atoms with Crippen molar-refractivity contribution in [2.45, 2.75) is 0 Å². The molecule has 0 heterocycles. The molecule has 0 aliphatic heterocycles. The van der Waals surface area contributed by atoms with E-state index < -0.39 is 17.8 Å². The minimum Gasteiger partial charge on any atom is -0.497 e. The molecule has 0 atom stereocenters. The number of nitrogens with one attached hydrogen (secondary N) is 2. The highest BCUT2D eigenvalue weighted by Crippen LogP contribution is 2.22. The predicted molar refractivity (Wildman–Crippen MR) is 98.3 cm³/mol. The van der Waals surface area contributed by atoms with Crippen LogP contribution in [-0.2, 0) is 9.53 Å². The van der Waals surface area contributed by atoms with Gasteiger partial charge in [-0.1, -0.05) is 6.07 Å². The van der Waals surface area contributed by atoms with E-state index in [1.807, 2.05) is 0 Å². The molecule has 0 saturated carbocycles. The Hall–Kier alpha value is -3.55. The van der Waals surface area contributed by atoms with Crippen molar-refractivity contribution in [1.29, 1.82) is 0 Å². The first kappa shape index (κ1) is 19.8. The highest BCUT2D eigenvalue weighted by molar-refractivity contribution is 6.00. The van der Waals surface area contributed by atoms with Crippen molar-refractivity contribution >= 4 is 23.5 Å². The van der Waals surface area contributed by atoms with E-state index >= 15 is 0 Å². The van der Waals surface area contributed by atoms with Crippen molar-refractivity contribution in [1.82, 2.24) is 5.32 Å². The van der Waals surface area contributed by atoms with Gasteiger partial charge in [0.15, 0.2) is 0 Å². The average molecular weight is 372 g/mol. The summed E-state index contributed by atoms with van der Waals surface area (Å²) in [6, 6.07) is 11.0. The molecule has 0 aliphatic rings. The van der Waals surface area contributed by atoms with Crippen molar-refractivity contribution < 1.29 is 28.6 Å². The van der Waals surface area contributed by atoms with Gasteiger partial charge in [-0.2, -0.15) is 0 Å². The maximum Gasteiger partial charge on any atom is 0.337 e. The largest absolute Gasteiger partial charge is 0.497 e. The molecule has 2 amide bonds. The molecule has 0 radical (unpaired) electrons. The summed E-state index contributed by atoms with van der Waals surface area (Å²) in [6.07, 6.45) is 0. The Balaban J connectivity index is 1.97. The minimum absolute atomic E-state index is 0.249. The van der Waals surface area contributed by atoms with Crippen LogP contribution in [0.2, 0.25) is 0 Å². The Labute approximate surface area is 156 Å². The molecular formula is C19H20N2O6. The van der Waals surface area contributed by atoms with Gasteiger partial charge in [-0.25, -0.2) is 4.79 Å². The molecule has 8 nitrogen and oxygen atoms in total. The van der Waals surface area contributed by atoms with E-state index in [4.69, 9.17) is 9.47 Å². The highest BCUT2D eigenvalue weighted by Gasteiger charge is 2.12. The fourth-order valence-electron chi connectivity index (χ4n) is 2.25. The van der Waals surface area contributed by atoms with Gasteiger partial charge in [0, 0.05) is 17.3 Å². The van der Waals surface area contributed by atoms with Crippen LogP contribution in [0.15, 0.2) is 42.5 Å². The van der Waals surface area contributed by atoms with Crippen molar-refractivity contribution in [3.8, 4) is 11.5 Å². The molecule has 0 spiro atoms. The number of hydrogen-bond donors (Lipinski definition) is 2. The third-order valence-electron chi connectivity index (χ3n) is 3.59. The van der Waals surface area contributed by atoms with Gasteiger partial charge < -0.3 is 24.8 Å². The molecule has 0 saturated heterocycles. The normalized spacial score (nSPS) is 9.89. The zero-order valence-corrected chi connectivity index (χ0v) is 15.2. The van der Waals surface area contributed by atoms with Crippen LogP contribution in [0.25, 0.3) is 0 Å². The Bertz CT molecular complexity index is 828. The number of carbonyl (C=O) groups excluding carboxylic acids is 3. The molecular weight excluding hydrogens is 352 g/mol. The molecule has 0 fully saturated rings. The number of benzene rings is 2. The molecule has 2 aromatic rings. The lowest BCUT2D eigenvalue weighted by Crippen LogP contribution is -2.32. The number of amides is 2. The summed E-state index contributed by atoms with van der Waals surface area (Å²) in [6.45, 7) is -0.249. The van der Waals surface area contributed by atoms with Crippen molar-refractivity contribution in [2.24, 2.45) is 0 Å². The summed E-state index contributed by atoms with van der Waals surface area (Å²) in [4.78, 5) is 35.8. The van der Waals surface area contributed by atoms with Crippen LogP contribution < -0.4 is 20.1 Å². The Morgan fingerprint density at radius 2 is 1.56 bits per heavy atom. The van der Waals surface area contributed by atoms with Crippen LogP contribution >= 0.6 is 0 Å². The number of carbonyl (C=O) groups is 3. The van der Waals surface area contributed by atoms with Crippen LogP contribution in [0.1, 0.15) is 20.7 Å². The molecule has 0 unspecified atom stereocenters. The Kier molecular flexibility index (Phi) is 6.76. The number of anilines is 1. The van der Waals surface area contributed by atoms with Gasteiger partial charge in [0.1, 0.15) is 11.5 Å². The topological polar surface area (TPSA) is 103 Å². The van der Waals surface area contributed by atoms with Crippen molar-refractivity contribution in [2.75, 3.05) is 33.2 Å². The Morgan fingerprint density at radius 3 is 2.15 bits per heavy atom. The van der Waals surface area contributed by atoms with Gasteiger partial charge in [0.05, 0.1) is 33.4 Å². The second-order valence-corrected chi connectivity index (χ2v) is 5.40. The zero-order chi connectivity index (χ0) is 19.8. The lowest BCUT2D eigenvalue weighted by Gasteiger charge is -2.10. The lowest BCUT2D eigenvalue weighted by atomic mass is 10.2. The van der Waals surface area contributed by atoms with E-state index in [0.717, 1.165) is 0 Å². The van der Waals surface area contributed by atoms with Gasteiger partial charge in [0.2, 0.25) is 5.91 Å². The van der Waals surface area contributed by atoms with Crippen LogP contribution in [0.5, 0.6) is 11.5 Å². The first-order valence-corrected chi connectivity index (χ1v) is 7.96. The Morgan fingerprint density at radius 1 is 0.889 bits per heavy atom. The number of ether oxygens (including phenoxy) is 3. The number of esters is 1. The smallest absolute Gasteiger partial charge is 0.337 e. The molecule has 2 rings (SSSR count). The second kappa shape index (κ2) is 9.23. The molecule has 0 aliphatic carbocycles. The standard InChI is InChI=1S/C19H20N2O6/c1-25-15-8-13(9-16(10-15)26-2)18(23)20-11-17(22)21-14-6-4-5-12(7-14)19(24)27-3/h4-10H,11H2,1-3H3,(H,20,23)(H,21,22). The summed E-state index contributed by atoms with van der Waals surface area (Å²) in [7, 11) is 4.23. The van der Waals surface area contributed by atoms with Crippen molar-refractivity contribution in [3.05, 3.63) is 53.6 Å². The predicted octanol–water partition coefficient (Wildman–Crippen LogP) is 1.86. The summed E-state index contributed by atoms with van der Waals surface area (Å²) in [5, 5.41) is 5.12. The number of rotatable bonds is 7. The molecule has 0 aromatic heterocycles. The average Bonchev–Trinajstić information content (AvgIpc) is 2.70. The first-order valence-electron chi connectivity index (χ1n) is 7.96. The van der Waals surface area contributed by atoms with Gasteiger partial charge in [-0.05, 0) is 30.3 Å². The van der Waals surface area contributed by atoms with Crippen LogP contribution in [0, 0.1) is 0 Å². The van der Waals surface area contributed by atoms with Gasteiger partial charge in [-0.15, -0.1) is 0 Å². The molecule has 0 bridgehead atoms. The van der Waals surface area contributed by atoms with E-state index in [1.54, 1.807) is 24.3 Å². The minimum atomic E-state index is -0.508. The number of methoxy groups -OCH3 is 3. The van der Waals surface area contributed by atoms with Crippen molar-refractivity contribution in [3.63, 3.8) is 0 Å². The SMILES string of the molecule is COC(=O)c1cccc(NC(=O)CNC(=O)c2cc(OC)cc(OC)c2)c1. The third kappa shape index (κ3) is 5.46. The van der Waals surface area contributed by atoms with E-state index in [1.165, 1.54) is 39.5 Å². The summed E-state index contributed by atoms with van der Waals surface area (Å²) >= 11 is 0. The maximum absolute atomic E-state index is 12.3. The molecule has 27 heavy (non-hydrogen) atoms. The second-order valence-electron chi connectivity index (χ2n) is 5.40. The summed E-state index contributed by atoms with van der Waals surface area (Å²) in [5.41, 5.74) is 1.02. The lowest BCUT2D eigenvalue weighted by molar-refractivity contribution is -0.115. The van der Waals surface area contributed by atoms with Crippen LogP contribution in [0.3, 0.4) is 0 Å². The fraction of sp³-hybridized carbons (Fsp3) is 0.211. The quantitative estimate of drug-likeness (QED) is 0.719. The van der Waals surface area contributed by atoms with E-state index in [2.05, 4.69) is 15.4 Å². The molecule has 2 aromatic carbocycles. The van der Waals surface area contributed by atoms with Gasteiger partial charge in [0.25, 0.3) is 5.91 Å². The first-order chi connectivity index (χ1) is 13.0. The summed E-state index contributed by atoms with van der Waals surface area (Å²) in [5.74, 6) is -0.482. The van der Waals surface area contributed by atoms with Crippen LogP contribution in [0.4, 0.5) is 5.69 Å². The van der Waals surface area contributed by atoms with E-state index in [9.17, 15) is 14.4 Å². The monoisotopic (exact) mass is 372 g/mol. The van der Waals surface area contributed by atoms with E-state index in [0.29, 0.717) is 28.3 Å². The summed E-state index contributed by atoms with van der Waals surface area (Å²) < 4.78 is 14.9. The highest BCUT2D eigenvalue weighted by atomic mass is 16.5. The third-order valence-corrected chi connectivity index (χ3v) is 3.59. The molecule has 142 valence electrons. The molecule has 8 heteroatoms. The fourth-order valence-corrected chi connectivity index (χ4v) is 2.25. The van der Waals surface area contributed by atoms with E-state index in [-0.39, 0.29) is 6.54 Å². The maximum atomic E-state index is 12.3. The molecule has 2 N–H and O–H groups in total. The van der Waals surface area contributed by atoms with Gasteiger partial charge in [-0.3, -0.25) is 9.59 Å².